The summed E-state index contributed by atoms with van der Waals surface area (Å²) in [7, 11) is 0. The van der Waals surface area contributed by atoms with Gasteiger partial charge in [-0.3, -0.25) is 4.79 Å². The van der Waals surface area contributed by atoms with Crippen LogP contribution < -0.4 is 16.6 Å². The minimum Gasteiger partial charge on any atom is -0.366 e. The highest BCUT2D eigenvalue weighted by molar-refractivity contribution is 5.92. The highest BCUT2D eigenvalue weighted by Crippen LogP contribution is 2.35. The number of benzene rings is 2. The summed E-state index contributed by atoms with van der Waals surface area (Å²) in [6, 6.07) is 15.0. The lowest BCUT2D eigenvalue weighted by molar-refractivity contribution is -0.0928. The number of rotatable bonds is 4. The van der Waals surface area contributed by atoms with E-state index in [9.17, 15) is 18.0 Å². The van der Waals surface area contributed by atoms with Gasteiger partial charge < -0.3 is 10.3 Å². The second-order valence-corrected chi connectivity index (χ2v) is 10.4. The third-order valence-corrected chi connectivity index (χ3v) is 7.20. The Bertz CT molecular complexity index is 1730. The number of aromatic nitrogens is 2. The van der Waals surface area contributed by atoms with Crippen LogP contribution in [0.4, 0.5) is 13.2 Å². The molecule has 0 aliphatic heterocycles. The lowest BCUT2D eigenvalue weighted by Crippen LogP contribution is -2.32. The molecular weight excluding hydrogens is 511 g/mol. The zero-order valence-electron chi connectivity index (χ0n) is 22.6. The average molecular weight is 542 g/mol. The van der Waals surface area contributed by atoms with Gasteiger partial charge in [-0.25, -0.2) is 4.98 Å². The summed E-state index contributed by atoms with van der Waals surface area (Å²) in [6.45, 7) is 6.07. The van der Waals surface area contributed by atoms with Gasteiger partial charge in [0.25, 0.3) is 0 Å². The van der Waals surface area contributed by atoms with E-state index in [0.717, 1.165) is 38.9 Å². The number of nitrogens with two attached hydrogens (primary N) is 1. The van der Waals surface area contributed by atoms with Crippen LogP contribution in [0.25, 0.3) is 22.4 Å². The van der Waals surface area contributed by atoms with E-state index >= 15 is 0 Å². The standard InChI is InChI=1S/C33H30F3N3O/c1-20-4-10-24(11-5-20)29-30(25-12-6-21(2)7-13-25)39(19-23-8-14-26(15-9-23)31(37)40)32(38-29)27-16-22(3)17-28(18-27)33(34,35)36/h4-12,14-17H,13,18-19H2,1-3H3,(H2,37,40). The zero-order valence-corrected chi connectivity index (χ0v) is 22.6. The van der Waals surface area contributed by atoms with Crippen LogP contribution in [0, 0.1) is 6.92 Å². The molecular formula is C33H30F3N3O. The molecule has 0 bridgehead atoms. The molecule has 40 heavy (non-hydrogen) atoms. The first-order valence-corrected chi connectivity index (χ1v) is 13.1. The molecule has 3 aromatic rings. The molecule has 0 atom stereocenters. The number of carbonyl (C=O) groups excluding carboxylic acids is 1. The number of hydrogen-bond acceptors (Lipinski definition) is 2. The van der Waals surface area contributed by atoms with Crippen molar-refractivity contribution in [3.05, 3.63) is 123 Å². The maximum absolute atomic E-state index is 13.9. The smallest absolute Gasteiger partial charge is 0.366 e. The molecule has 0 unspecified atom stereocenters. The van der Waals surface area contributed by atoms with Crippen molar-refractivity contribution < 1.29 is 18.0 Å². The van der Waals surface area contributed by atoms with Gasteiger partial charge in [-0.2, -0.15) is 13.2 Å². The molecule has 0 fully saturated rings. The fourth-order valence-electron chi connectivity index (χ4n) is 5.09. The molecule has 204 valence electrons. The largest absolute Gasteiger partial charge is 0.413 e. The number of alkyl halides is 3. The molecule has 2 aromatic carbocycles. The number of halogens is 3. The molecule has 1 aromatic heterocycles. The van der Waals surface area contributed by atoms with Crippen LogP contribution in [-0.2, 0) is 6.54 Å². The third kappa shape index (κ3) is 5.64. The Balaban J connectivity index is 1.83. The first kappa shape index (κ1) is 27.2. The maximum atomic E-state index is 13.9. The van der Waals surface area contributed by atoms with Crippen molar-refractivity contribution in [2.24, 2.45) is 5.73 Å². The summed E-state index contributed by atoms with van der Waals surface area (Å²) >= 11 is 0. The molecule has 1 amide bonds. The van der Waals surface area contributed by atoms with Gasteiger partial charge in [0.1, 0.15) is 5.48 Å². The highest BCUT2D eigenvalue weighted by Gasteiger charge is 2.35. The van der Waals surface area contributed by atoms with E-state index in [2.05, 4.69) is 12.2 Å². The molecule has 2 aliphatic rings. The summed E-state index contributed by atoms with van der Waals surface area (Å²) < 4.78 is 43.6. The first-order valence-electron chi connectivity index (χ1n) is 13.1. The minimum absolute atomic E-state index is 0.268. The van der Waals surface area contributed by atoms with Crippen molar-refractivity contribution in [2.75, 3.05) is 0 Å². The Morgan fingerprint density at radius 1 is 0.925 bits per heavy atom. The van der Waals surface area contributed by atoms with Crippen molar-refractivity contribution >= 4 is 17.1 Å². The summed E-state index contributed by atoms with van der Waals surface area (Å²) in [6.07, 6.45) is 5.20. The van der Waals surface area contributed by atoms with E-state index in [0.29, 0.717) is 35.2 Å². The number of allylic oxidation sites excluding steroid dienone is 8. The Morgan fingerprint density at radius 2 is 1.62 bits per heavy atom. The highest BCUT2D eigenvalue weighted by atomic mass is 19.4. The van der Waals surface area contributed by atoms with E-state index in [4.69, 9.17) is 10.7 Å². The van der Waals surface area contributed by atoms with E-state index in [1.54, 1.807) is 25.1 Å². The Morgan fingerprint density at radius 3 is 2.23 bits per heavy atom. The van der Waals surface area contributed by atoms with Gasteiger partial charge in [-0.15, -0.1) is 0 Å². The lowest BCUT2D eigenvalue weighted by atomic mass is 9.95. The van der Waals surface area contributed by atoms with Crippen LogP contribution in [0.1, 0.15) is 48.2 Å². The third-order valence-electron chi connectivity index (χ3n) is 7.20. The van der Waals surface area contributed by atoms with Gasteiger partial charge in [0.15, 0.2) is 0 Å². The zero-order chi connectivity index (χ0) is 28.6. The molecule has 0 spiro atoms. The van der Waals surface area contributed by atoms with E-state index in [1.165, 1.54) is 6.08 Å². The Kier molecular flexibility index (Phi) is 7.23. The number of amides is 1. The molecule has 0 saturated heterocycles. The molecule has 5 rings (SSSR count). The predicted molar refractivity (Wildman–Crippen MR) is 153 cm³/mol. The summed E-state index contributed by atoms with van der Waals surface area (Å²) in [5.41, 5.74) is 12.5. The monoisotopic (exact) mass is 541 g/mol. The fourth-order valence-corrected chi connectivity index (χ4v) is 5.09. The first-order chi connectivity index (χ1) is 19.0. The number of carbonyl (C=O) groups is 1. The van der Waals surface area contributed by atoms with Crippen LogP contribution >= 0.6 is 0 Å². The van der Waals surface area contributed by atoms with Crippen molar-refractivity contribution in [3.63, 3.8) is 0 Å². The number of nitrogens with zero attached hydrogens (tertiary/aromatic N) is 2. The maximum Gasteiger partial charge on any atom is 0.413 e. The predicted octanol–water partition coefficient (Wildman–Crippen LogP) is 6.05. The fraction of sp³-hybridized carbons (Fsp3) is 0.212. The summed E-state index contributed by atoms with van der Waals surface area (Å²) in [4.78, 5) is 16.7. The normalized spacial score (nSPS) is 18.3. The van der Waals surface area contributed by atoms with E-state index in [1.807, 2.05) is 60.9 Å². The number of hydrogen-bond donors (Lipinski definition) is 1. The molecule has 2 aliphatic carbocycles. The quantitative estimate of drug-likeness (QED) is 0.437. The molecule has 0 radical (unpaired) electrons. The van der Waals surface area contributed by atoms with Crippen LogP contribution in [0.5, 0.6) is 0 Å². The van der Waals surface area contributed by atoms with Crippen LogP contribution in [-0.4, -0.2) is 21.6 Å². The van der Waals surface area contributed by atoms with E-state index in [-0.39, 0.29) is 6.42 Å². The van der Waals surface area contributed by atoms with Crippen molar-refractivity contribution in [1.82, 2.24) is 9.55 Å². The van der Waals surface area contributed by atoms with Crippen molar-refractivity contribution in [3.8, 4) is 11.3 Å². The van der Waals surface area contributed by atoms with Gasteiger partial charge in [-0.05, 0) is 56.0 Å². The van der Waals surface area contributed by atoms with Crippen molar-refractivity contribution in [1.29, 1.82) is 0 Å². The average Bonchev–Trinajstić information content (AvgIpc) is 3.28. The minimum atomic E-state index is -4.44. The topological polar surface area (TPSA) is 60.9 Å². The number of primary amides is 1. The summed E-state index contributed by atoms with van der Waals surface area (Å²) in [5, 5.41) is 0.861. The number of imidazole rings is 1. The molecule has 7 heteroatoms. The van der Waals surface area contributed by atoms with Gasteiger partial charge in [0, 0.05) is 29.7 Å². The molecule has 4 nitrogen and oxygen atoms in total. The Hall–Kier alpha value is -4.39. The Labute approximate surface area is 231 Å². The second kappa shape index (κ2) is 10.6. The van der Waals surface area contributed by atoms with Crippen LogP contribution in [0.2, 0.25) is 0 Å². The molecule has 1 heterocycles. The molecule has 2 N–H and O–H groups in total. The van der Waals surface area contributed by atoms with Crippen LogP contribution in [0.15, 0.2) is 95.6 Å². The summed E-state index contributed by atoms with van der Waals surface area (Å²) in [5.74, 6) is -0.521. The van der Waals surface area contributed by atoms with Gasteiger partial charge in [0.2, 0.25) is 5.91 Å². The van der Waals surface area contributed by atoms with Crippen molar-refractivity contribution in [2.45, 2.75) is 46.3 Å². The SMILES string of the molecule is CC1=CCC(=c2c(-c3ccc(C)cc3)nc(=C3C=C(C)C=C(C(F)(F)F)C3)n2Cc2ccc(C(N)=O)cc2)C=C1. The van der Waals surface area contributed by atoms with Gasteiger partial charge in [-0.1, -0.05) is 83.5 Å². The van der Waals surface area contributed by atoms with Crippen LogP contribution in [0.3, 0.4) is 0 Å². The lowest BCUT2D eigenvalue weighted by Gasteiger charge is -2.17. The van der Waals surface area contributed by atoms with Gasteiger partial charge >= 0.3 is 6.18 Å². The van der Waals surface area contributed by atoms with Gasteiger partial charge in [0.05, 0.1) is 11.0 Å². The number of aryl methyl sites for hydroxylation is 1. The molecule has 0 saturated carbocycles. The second-order valence-electron chi connectivity index (χ2n) is 10.4. The van der Waals surface area contributed by atoms with E-state index < -0.39 is 17.7 Å².